The number of unbranched alkanes of at least 4 members (excludes halogenated alkanes) is 1. The summed E-state index contributed by atoms with van der Waals surface area (Å²) in [5, 5.41) is 3.35. The molecular weight excluding hydrogens is 178 g/mol. The predicted molar refractivity (Wildman–Crippen MR) is 55.8 cm³/mol. The minimum Gasteiger partial charge on any atom is -0.349 e. The van der Waals surface area contributed by atoms with E-state index in [9.17, 15) is 0 Å². The monoisotopic (exact) mass is 197 g/mol. The van der Waals surface area contributed by atoms with Gasteiger partial charge in [-0.3, -0.25) is 0 Å². The van der Waals surface area contributed by atoms with Crippen LogP contribution in [0.4, 0.5) is 0 Å². The molecule has 0 spiro atoms. The molecule has 0 aromatic rings. The van der Waals surface area contributed by atoms with Crippen LogP contribution in [-0.2, 0) is 9.47 Å². The molecule has 0 atom stereocenters. The molecule has 14 heavy (non-hydrogen) atoms. The molecule has 1 saturated heterocycles. The molecule has 1 N–H and O–H groups in total. The summed E-state index contributed by atoms with van der Waals surface area (Å²) >= 11 is 0. The minimum absolute atomic E-state index is 0.306. The fourth-order valence-corrected chi connectivity index (χ4v) is 1.31. The fraction of sp³-hybridized carbons (Fsp3) is 0.818. The number of hydrogen-bond donors (Lipinski definition) is 1. The molecule has 3 heteroatoms. The van der Waals surface area contributed by atoms with Crippen molar-refractivity contribution in [1.29, 1.82) is 0 Å². The van der Waals surface area contributed by atoms with E-state index in [0.29, 0.717) is 19.3 Å². The summed E-state index contributed by atoms with van der Waals surface area (Å²) in [7, 11) is 0. The molecule has 1 fully saturated rings. The molecule has 0 radical (unpaired) electrons. The van der Waals surface area contributed by atoms with Gasteiger partial charge in [-0.05, 0) is 26.8 Å². The van der Waals surface area contributed by atoms with Gasteiger partial charge in [-0.1, -0.05) is 0 Å². The summed E-state index contributed by atoms with van der Waals surface area (Å²) in [6, 6.07) is 0.306. The molecule has 0 saturated carbocycles. The van der Waals surface area contributed by atoms with E-state index >= 15 is 0 Å². The summed E-state index contributed by atoms with van der Waals surface area (Å²) in [5.74, 6) is 2.20. The van der Waals surface area contributed by atoms with Gasteiger partial charge in [0.05, 0.1) is 19.3 Å². The zero-order valence-corrected chi connectivity index (χ0v) is 9.01. The smallest absolute Gasteiger partial charge is 0.162 e. The summed E-state index contributed by atoms with van der Waals surface area (Å²) in [6.07, 6.45) is 6.99. The SMILES string of the molecule is C#CCCCNC1COC(C)(C)OC1. The first-order chi connectivity index (χ1) is 6.64. The third-order valence-corrected chi connectivity index (χ3v) is 2.20. The third-order valence-electron chi connectivity index (χ3n) is 2.20. The van der Waals surface area contributed by atoms with E-state index in [1.165, 1.54) is 0 Å². The lowest BCUT2D eigenvalue weighted by Crippen LogP contribution is -2.48. The lowest BCUT2D eigenvalue weighted by Gasteiger charge is -2.35. The minimum atomic E-state index is -0.420. The summed E-state index contributed by atoms with van der Waals surface area (Å²) in [6.45, 7) is 6.22. The molecule has 80 valence electrons. The largest absolute Gasteiger partial charge is 0.349 e. The summed E-state index contributed by atoms with van der Waals surface area (Å²) in [4.78, 5) is 0. The second kappa shape index (κ2) is 5.35. The second-order valence-electron chi connectivity index (χ2n) is 3.98. The molecule has 0 aromatic heterocycles. The van der Waals surface area contributed by atoms with Gasteiger partial charge in [-0.2, -0.15) is 0 Å². The van der Waals surface area contributed by atoms with Crippen molar-refractivity contribution >= 4 is 0 Å². The van der Waals surface area contributed by atoms with Crippen LogP contribution in [0.25, 0.3) is 0 Å². The summed E-state index contributed by atoms with van der Waals surface area (Å²) in [5.41, 5.74) is 0. The van der Waals surface area contributed by atoms with E-state index in [0.717, 1.165) is 19.4 Å². The van der Waals surface area contributed by atoms with E-state index in [1.807, 2.05) is 13.8 Å². The van der Waals surface area contributed by atoms with Gasteiger partial charge in [0, 0.05) is 6.42 Å². The second-order valence-corrected chi connectivity index (χ2v) is 3.98. The molecule has 1 aliphatic rings. The first kappa shape index (κ1) is 11.5. The highest BCUT2D eigenvalue weighted by Gasteiger charge is 2.27. The highest BCUT2D eigenvalue weighted by Crippen LogP contribution is 2.16. The Bertz CT molecular complexity index is 198. The Balaban J connectivity index is 2.08. The molecule has 0 amide bonds. The van der Waals surface area contributed by atoms with E-state index in [4.69, 9.17) is 15.9 Å². The Morgan fingerprint density at radius 2 is 2.07 bits per heavy atom. The first-order valence-corrected chi connectivity index (χ1v) is 5.09. The highest BCUT2D eigenvalue weighted by atomic mass is 16.7. The quantitative estimate of drug-likeness (QED) is 0.541. The van der Waals surface area contributed by atoms with Crippen LogP contribution in [0, 0.1) is 12.3 Å². The van der Waals surface area contributed by atoms with E-state index in [-0.39, 0.29) is 0 Å². The van der Waals surface area contributed by atoms with Gasteiger partial charge in [0.1, 0.15) is 0 Å². The van der Waals surface area contributed by atoms with Crippen molar-refractivity contribution in [1.82, 2.24) is 5.32 Å². The van der Waals surface area contributed by atoms with Crippen molar-refractivity contribution in [3.8, 4) is 12.3 Å². The normalized spacial score (nSPS) is 21.8. The number of nitrogens with one attached hydrogen (secondary N) is 1. The van der Waals surface area contributed by atoms with Crippen LogP contribution < -0.4 is 5.32 Å². The van der Waals surface area contributed by atoms with Crippen LogP contribution >= 0.6 is 0 Å². The molecule has 1 aliphatic heterocycles. The van der Waals surface area contributed by atoms with Crippen LogP contribution in [0.2, 0.25) is 0 Å². The number of terminal acetylenes is 1. The zero-order chi connectivity index (χ0) is 10.4. The van der Waals surface area contributed by atoms with Crippen LogP contribution in [0.3, 0.4) is 0 Å². The maximum Gasteiger partial charge on any atom is 0.162 e. The van der Waals surface area contributed by atoms with Gasteiger partial charge in [-0.15, -0.1) is 12.3 Å². The molecule has 0 bridgehead atoms. The maximum atomic E-state index is 5.51. The predicted octanol–water partition coefficient (Wildman–Crippen LogP) is 1.14. The number of hydrogen-bond acceptors (Lipinski definition) is 3. The molecule has 1 heterocycles. The van der Waals surface area contributed by atoms with Crippen molar-refractivity contribution in [2.75, 3.05) is 19.8 Å². The first-order valence-electron chi connectivity index (χ1n) is 5.09. The maximum absolute atomic E-state index is 5.51. The molecular formula is C11H19NO2. The van der Waals surface area contributed by atoms with Crippen LogP contribution in [-0.4, -0.2) is 31.6 Å². The highest BCUT2D eigenvalue weighted by molar-refractivity contribution is 4.83. The Hall–Kier alpha value is -0.560. The van der Waals surface area contributed by atoms with E-state index in [1.54, 1.807) is 0 Å². The molecule has 0 aromatic carbocycles. The summed E-state index contributed by atoms with van der Waals surface area (Å²) < 4.78 is 11.0. The van der Waals surface area contributed by atoms with Gasteiger partial charge in [0.2, 0.25) is 0 Å². The standard InChI is InChI=1S/C11H19NO2/c1-4-5-6-7-12-10-8-13-11(2,3)14-9-10/h1,10,12H,5-9H2,2-3H3. The number of rotatable bonds is 4. The zero-order valence-electron chi connectivity index (χ0n) is 9.01. The van der Waals surface area contributed by atoms with Gasteiger partial charge in [-0.25, -0.2) is 0 Å². The average molecular weight is 197 g/mol. The van der Waals surface area contributed by atoms with Gasteiger partial charge >= 0.3 is 0 Å². The van der Waals surface area contributed by atoms with Crippen LogP contribution in [0.5, 0.6) is 0 Å². The van der Waals surface area contributed by atoms with Crippen molar-refractivity contribution < 1.29 is 9.47 Å². The van der Waals surface area contributed by atoms with Gasteiger partial charge in [0.25, 0.3) is 0 Å². The van der Waals surface area contributed by atoms with Crippen molar-refractivity contribution in [2.45, 2.75) is 38.5 Å². The van der Waals surface area contributed by atoms with Crippen LogP contribution in [0.15, 0.2) is 0 Å². The molecule has 1 rings (SSSR count). The number of ether oxygens (including phenoxy) is 2. The van der Waals surface area contributed by atoms with Gasteiger partial charge in [0.15, 0.2) is 5.79 Å². The topological polar surface area (TPSA) is 30.5 Å². The molecule has 3 nitrogen and oxygen atoms in total. The average Bonchev–Trinajstić information content (AvgIpc) is 2.15. The Morgan fingerprint density at radius 3 is 2.64 bits per heavy atom. The van der Waals surface area contributed by atoms with E-state index < -0.39 is 5.79 Å². The van der Waals surface area contributed by atoms with Gasteiger partial charge < -0.3 is 14.8 Å². The van der Waals surface area contributed by atoms with Crippen molar-refractivity contribution in [3.63, 3.8) is 0 Å². The Kier molecular flexibility index (Phi) is 4.40. The van der Waals surface area contributed by atoms with Crippen LogP contribution in [0.1, 0.15) is 26.7 Å². The Morgan fingerprint density at radius 1 is 1.43 bits per heavy atom. The molecule has 0 unspecified atom stereocenters. The van der Waals surface area contributed by atoms with Crippen molar-refractivity contribution in [3.05, 3.63) is 0 Å². The lowest BCUT2D eigenvalue weighted by molar-refractivity contribution is -0.252. The lowest BCUT2D eigenvalue weighted by atomic mass is 10.2. The van der Waals surface area contributed by atoms with Crippen molar-refractivity contribution in [2.24, 2.45) is 0 Å². The van der Waals surface area contributed by atoms with E-state index in [2.05, 4.69) is 11.2 Å². The fourth-order valence-electron chi connectivity index (χ4n) is 1.31. The molecule has 0 aliphatic carbocycles. The Labute approximate surface area is 86.2 Å². The third kappa shape index (κ3) is 4.10.